The third-order valence-corrected chi connectivity index (χ3v) is 5.64. The fraction of sp³-hybridized carbons (Fsp3) is 0.174. The molecular weight excluding hydrogens is 406 g/mol. The Morgan fingerprint density at radius 1 is 0.900 bits per heavy atom. The van der Waals surface area contributed by atoms with E-state index in [1.54, 1.807) is 35.2 Å². The van der Waals surface area contributed by atoms with Crippen molar-refractivity contribution < 1.29 is 23.9 Å². The highest BCUT2D eigenvalue weighted by atomic mass is 35.5. The van der Waals surface area contributed by atoms with E-state index in [1.807, 2.05) is 30.3 Å². The lowest BCUT2D eigenvalue weighted by Crippen LogP contribution is -2.45. The van der Waals surface area contributed by atoms with Crippen molar-refractivity contribution in [2.24, 2.45) is 0 Å². The molecule has 0 amide bonds. The summed E-state index contributed by atoms with van der Waals surface area (Å²) in [7, 11) is 2.45. The summed E-state index contributed by atoms with van der Waals surface area (Å²) in [6.07, 6.45) is 3.63. The third-order valence-electron chi connectivity index (χ3n) is 5.31. The lowest BCUT2D eigenvalue weighted by Gasteiger charge is -2.35. The van der Waals surface area contributed by atoms with Crippen molar-refractivity contribution in [2.75, 3.05) is 19.1 Å². The van der Waals surface area contributed by atoms with Gasteiger partial charge in [0.15, 0.2) is 5.78 Å². The molecule has 0 N–H and O–H groups in total. The second-order valence-electron chi connectivity index (χ2n) is 6.83. The monoisotopic (exact) mass is 423 g/mol. The Morgan fingerprint density at radius 2 is 1.53 bits per heavy atom. The Labute approximate surface area is 178 Å². The molecule has 2 aliphatic rings. The third kappa shape index (κ3) is 3.00. The topological polar surface area (TPSA) is 72.9 Å². The van der Waals surface area contributed by atoms with E-state index in [1.165, 1.54) is 14.2 Å². The first-order valence-corrected chi connectivity index (χ1v) is 9.62. The molecule has 0 aliphatic carbocycles. The lowest BCUT2D eigenvalue weighted by molar-refractivity contribution is -0.139. The van der Waals surface area contributed by atoms with Crippen LogP contribution in [0.3, 0.4) is 0 Å². The van der Waals surface area contributed by atoms with Gasteiger partial charge in [0, 0.05) is 11.3 Å². The number of Topliss-reactive ketones (excluding diaryl/α,β-unsaturated/α-hetero) is 1. The number of nitrogens with zero attached hydrogens (tertiary/aromatic N) is 1. The van der Waals surface area contributed by atoms with Gasteiger partial charge in [-0.3, -0.25) is 4.79 Å². The van der Waals surface area contributed by atoms with Crippen molar-refractivity contribution in [3.63, 3.8) is 0 Å². The van der Waals surface area contributed by atoms with Crippen LogP contribution < -0.4 is 4.90 Å². The van der Waals surface area contributed by atoms with Crippen LogP contribution in [0.15, 0.2) is 65.8 Å². The number of rotatable bonds is 4. The number of carbonyl (C=O) groups is 3. The van der Waals surface area contributed by atoms with E-state index in [4.69, 9.17) is 21.1 Å². The number of benzene rings is 2. The Kier molecular flexibility index (Phi) is 5.18. The molecule has 2 unspecified atom stereocenters. The second kappa shape index (κ2) is 7.80. The molecular formula is C23H18ClNO5. The standard InChI is InChI=1S/C23H18ClNO5/c1-29-22(27)18-17-12-11-13-7-3-6-10-16(13)25(17)20(19(18)23(28)30-2)21(26)14-8-4-5-9-15(14)24/h3-12,17,20H,1-2H3. The number of esters is 2. The molecule has 0 radical (unpaired) electrons. The van der Waals surface area contributed by atoms with Gasteiger partial charge in [-0.15, -0.1) is 0 Å². The van der Waals surface area contributed by atoms with Crippen molar-refractivity contribution >= 4 is 41.1 Å². The molecule has 2 heterocycles. The molecule has 30 heavy (non-hydrogen) atoms. The number of para-hydroxylation sites is 1. The maximum absolute atomic E-state index is 13.7. The van der Waals surface area contributed by atoms with Crippen molar-refractivity contribution in [3.05, 3.63) is 81.9 Å². The van der Waals surface area contributed by atoms with E-state index >= 15 is 0 Å². The van der Waals surface area contributed by atoms with Gasteiger partial charge < -0.3 is 14.4 Å². The van der Waals surface area contributed by atoms with Crippen LogP contribution in [-0.4, -0.2) is 44.0 Å². The lowest BCUT2D eigenvalue weighted by atomic mass is 9.95. The summed E-state index contributed by atoms with van der Waals surface area (Å²) in [5, 5.41) is 0.260. The molecule has 6 nitrogen and oxygen atoms in total. The Hall–Kier alpha value is -3.38. The van der Waals surface area contributed by atoms with Gasteiger partial charge in [0.2, 0.25) is 0 Å². The predicted molar refractivity (Wildman–Crippen MR) is 112 cm³/mol. The number of ketones is 1. The molecule has 2 aliphatic heterocycles. The smallest absolute Gasteiger partial charge is 0.336 e. The molecule has 0 saturated heterocycles. The van der Waals surface area contributed by atoms with E-state index in [0.717, 1.165) is 11.3 Å². The molecule has 7 heteroatoms. The Bertz CT molecular complexity index is 1120. The van der Waals surface area contributed by atoms with Gasteiger partial charge in [0.05, 0.1) is 36.4 Å². The highest BCUT2D eigenvalue weighted by molar-refractivity contribution is 6.34. The predicted octanol–water partition coefficient (Wildman–Crippen LogP) is 3.45. The van der Waals surface area contributed by atoms with Gasteiger partial charge in [-0.1, -0.05) is 54.1 Å². The van der Waals surface area contributed by atoms with Gasteiger partial charge in [-0.25, -0.2) is 9.59 Å². The van der Waals surface area contributed by atoms with Crippen LogP contribution in [0.4, 0.5) is 5.69 Å². The van der Waals surface area contributed by atoms with Gasteiger partial charge in [0.1, 0.15) is 6.04 Å². The summed E-state index contributed by atoms with van der Waals surface area (Å²) >= 11 is 6.28. The molecule has 0 bridgehead atoms. The van der Waals surface area contributed by atoms with Crippen molar-refractivity contribution in [2.45, 2.75) is 12.1 Å². The SMILES string of the molecule is COC(=O)C1=C(C(=O)OC)C(C(=O)c2ccccc2Cl)N2c3ccccc3C=CC12. The molecule has 0 fully saturated rings. The van der Waals surface area contributed by atoms with E-state index in [-0.39, 0.29) is 21.7 Å². The number of fused-ring (bicyclic) bond motifs is 3. The highest BCUT2D eigenvalue weighted by Gasteiger charge is 2.51. The van der Waals surface area contributed by atoms with Crippen LogP contribution in [0.1, 0.15) is 15.9 Å². The van der Waals surface area contributed by atoms with E-state index in [9.17, 15) is 14.4 Å². The van der Waals surface area contributed by atoms with Gasteiger partial charge in [-0.2, -0.15) is 0 Å². The zero-order valence-electron chi connectivity index (χ0n) is 16.3. The van der Waals surface area contributed by atoms with Crippen LogP contribution in [0.2, 0.25) is 5.02 Å². The Morgan fingerprint density at radius 3 is 2.23 bits per heavy atom. The number of methoxy groups -OCH3 is 2. The molecule has 0 saturated carbocycles. The van der Waals surface area contributed by atoms with Crippen molar-refractivity contribution in [1.82, 2.24) is 0 Å². The summed E-state index contributed by atoms with van der Waals surface area (Å²) in [4.78, 5) is 40.9. The molecule has 152 valence electrons. The molecule has 2 aromatic rings. The van der Waals surface area contributed by atoms with Crippen molar-refractivity contribution in [1.29, 1.82) is 0 Å². The first-order chi connectivity index (χ1) is 14.5. The maximum Gasteiger partial charge on any atom is 0.336 e. The number of anilines is 1. The number of hydrogen-bond donors (Lipinski definition) is 0. The van der Waals surface area contributed by atoms with Gasteiger partial charge >= 0.3 is 11.9 Å². The second-order valence-corrected chi connectivity index (χ2v) is 7.23. The zero-order chi connectivity index (χ0) is 21.4. The number of hydrogen-bond acceptors (Lipinski definition) is 6. The fourth-order valence-corrected chi connectivity index (χ4v) is 4.25. The largest absolute Gasteiger partial charge is 0.466 e. The summed E-state index contributed by atoms with van der Waals surface area (Å²) < 4.78 is 9.91. The fourth-order valence-electron chi connectivity index (χ4n) is 4.02. The van der Waals surface area contributed by atoms with Crippen LogP contribution in [0.25, 0.3) is 6.08 Å². The molecule has 4 rings (SSSR count). The maximum atomic E-state index is 13.7. The highest BCUT2D eigenvalue weighted by Crippen LogP contribution is 2.43. The average Bonchev–Trinajstić information content (AvgIpc) is 3.13. The summed E-state index contributed by atoms with van der Waals surface area (Å²) in [6, 6.07) is 12.3. The molecule has 0 aromatic heterocycles. The van der Waals surface area contributed by atoms with E-state index in [2.05, 4.69) is 0 Å². The molecule has 2 atom stereocenters. The first kappa shape index (κ1) is 19.9. The molecule has 0 spiro atoms. The zero-order valence-corrected chi connectivity index (χ0v) is 17.1. The van der Waals surface area contributed by atoms with Crippen LogP contribution >= 0.6 is 11.6 Å². The summed E-state index contributed by atoms with van der Waals surface area (Å²) in [6.45, 7) is 0. The van der Waals surface area contributed by atoms with Crippen LogP contribution in [-0.2, 0) is 19.1 Å². The minimum Gasteiger partial charge on any atom is -0.466 e. The summed E-state index contributed by atoms with van der Waals surface area (Å²) in [5.74, 6) is -1.86. The van der Waals surface area contributed by atoms with E-state index in [0.29, 0.717) is 0 Å². The summed E-state index contributed by atoms with van der Waals surface area (Å²) in [5.41, 5.74) is 1.88. The van der Waals surface area contributed by atoms with Crippen molar-refractivity contribution in [3.8, 4) is 0 Å². The minimum atomic E-state index is -1.09. The Balaban J connectivity index is 1.98. The minimum absolute atomic E-state index is 0.0411. The van der Waals surface area contributed by atoms with Crippen LogP contribution in [0, 0.1) is 0 Å². The quantitative estimate of drug-likeness (QED) is 0.554. The van der Waals surface area contributed by atoms with Gasteiger partial charge in [0.25, 0.3) is 0 Å². The normalized spacial score (nSPS) is 19.2. The van der Waals surface area contributed by atoms with Gasteiger partial charge in [-0.05, 0) is 23.8 Å². The molecule has 2 aromatic carbocycles. The first-order valence-electron chi connectivity index (χ1n) is 9.24. The number of ether oxygens (including phenoxy) is 2. The van der Waals surface area contributed by atoms with Crippen LogP contribution in [0.5, 0.6) is 0 Å². The average molecular weight is 424 g/mol. The van der Waals surface area contributed by atoms with E-state index < -0.39 is 29.8 Å². The number of halogens is 1. The number of carbonyl (C=O) groups excluding carboxylic acids is 3.